The molecule has 0 spiro atoms. The lowest BCUT2D eigenvalue weighted by Gasteiger charge is -2.44. The Hall–Kier alpha value is -0.810. The number of benzene rings is 1. The summed E-state index contributed by atoms with van der Waals surface area (Å²) in [5.74, 6) is 0. The van der Waals surface area contributed by atoms with Crippen LogP contribution in [0, 0.1) is 5.41 Å². The largest absolute Gasteiger partial charge is 0.398 e. The minimum Gasteiger partial charge on any atom is -0.398 e. The number of nitrogens with zero attached hydrogens (tertiary/aromatic N) is 1. The molecular formula is C15H24ClN3O. The van der Waals surface area contributed by atoms with Crippen molar-refractivity contribution in [3.63, 3.8) is 0 Å². The molecule has 0 radical (unpaired) electrons. The number of halogens is 1. The highest BCUT2D eigenvalue weighted by molar-refractivity contribution is 6.30. The first kappa shape index (κ1) is 15.6. The predicted octanol–water partition coefficient (Wildman–Crippen LogP) is 1.89. The first-order chi connectivity index (χ1) is 9.45. The van der Waals surface area contributed by atoms with Crippen LogP contribution in [0.3, 0.4) is 0 Å². The predicted molar refractivity (Wildman–Crippen MR) is 83.9 cm³/mol. The van der Waals surface area contributed by atoms with Gasteiger partial charge in [0, 0.05) is 55.0 Å². The third-order valence-corrected chi connectivity index (χ3v) is 4.24. The van der Waals surface area contributed by atoms with Gasteiger partial charge in [-0.3, -0.25) is 4.90 Å². The summed E-state index contributed by atoms with van der Waals surface area (Å²) in [6.07, 6.45) is 0. The maximum Gasteiger partial charge on any atom is 0.0500 e. The number of nitrogens with one attached hydrogen (secondary N) is 1. The normalized spacial score (nSPS) is 19.0. The first-order valence-corrected chi connectivity index (χ1v) is 7.44. The van der Waals surface area contributed by atoms with E-state index in [1.165, 1.54) is 0 Å². The molecule has 0 unspecified atom stereocenters. The van der Waals surface area contributed by atoms with E-state index in [0.717, 1.165) is 37.4 Å². The highest BCUT2D eigenvalue weighted by atomic mass is 35.5. The summed E-state index contributed by atoms with van der Waals surface area (Å²) in [6, 6.07) is 5.65. The van der Waals surface area contributed by atoms with E-state index in [4.69, 9.17) is 17.3 Å². The van der Waals surface area contributed by atoms with Crippen LogP contribution in [0.2, 0.25) is 5.02 Å². The number of rotatable bonds is 4. The van der Waals surface area contributed by atoms with Crippen LogP contribution in [0.25, 0.3) is 0 Å². The summed E-state index contributed by atoms with van der Waals surface area (Å²) in [4.78, 5) is 2.38. The van der Waals surface area contributed by atoms with Gasteiger partial charge in [0.25, 0.3) is 0 Å². The van der Waals surface area contributed by atoms with Gasteiger partial charge in [-0.2, -0.15) is 0 Å². The zero-order valence-electron chi connectivity index (χ0n) is 12.2. The van der Waals surface area contributed by atoms with Gasteiger partial charge in [0.2, 0.25) is 0 Å². The highest BCUT2D eigenvalue weighted by Gasteiger charge is 2.36. The lowest BCUT2D eigenvalue weighted by atomic mass is 9.79. The molecule has 1 aliphatic rings. The molecule has 1 atom stereocenters. The van der Waals surface area contributed by atoms with Gasteiger partial charge in [-0.1, -0.05) is 25.4 Å². The molecule has 0 aliphatic carbocycles. The van der Waals surface area contributed by atoms with Crippen molar-refractivity contribution in [3.05, 3.63) is 28.8 Å². The van der Waals surface area contributed by atoms with Crippen molar-refractivity contribution in [3.8, 4) is 0 Å². The van der Waals surface area contributed by atoms with Gasteiger partial charge < -0.3 is 16.2 Å². The third-order valence-electron chi connectivity index (χ3n) is 4.01. The smallest absolute Gasteiger partial charge is 0.0500 e. The molecule has 1 aliphatic heterocycles. The van der Waals surface area contributed by atoms with Crippen LogP contribution in [0.15, 0.2) is 18.2 Å². The van der Waals surface area contributed by atoms with Crippen LogP contribution < -0.4 is 11.1 Å². The van der Waals surface area contributed by atoms with Crippen LogP contribution in [0.5, 0.6) is 0 Å². The van der Waals surface area contributed by atoms with Gasteiger partial charge in [0.05, 0.1) is 0 Å². The maximum atomic E-state index is 9.80. The van der Waals surface area contributed by atoms with E-state index in [1.54, 1.807) is 6.07 Å². The molecule has 0 amide bonds. The molecule has 1 aromatic rings. The average Bonchev–Trinajstić information content (AvgIpc) is 2.44. The number of nitrogens with two attached hydrogens (primary N) is 1. The van der Waals surface area contributed by atoms with E-state index in [9.17, 15) is 5.11 Å². The molecule has 0 bridgehead atoms. The van der Waals surface area contributed by atoms with Crippen LogP contribution in [0.4, 0.5) is 5.69 Å². The molecule has 4 nitrogen and oxygen atoms in total. The Balaban J connectivity index is 2.42. The number of hydrogen-bond donors (Lipinski definition) is 3. The van der Waals surface area contributed by atoms with Crippen molar-refractivity contribution in [1.82, 2.24) is 10.2 Å². The Kier molecular flexibility index (Phi) is 4.91. The Morgan fingerprint density at radius 3 is 2.65 bits per heavy atom. The zero-order chi connectivity index (χ0) is 14.8. The van der Waals surface area contributed by atoms with Gasteiger partial charge in [-0.15, -0.1) is 0 Å². The molecule has 4 N–H and O–H groups in total. The van der Waals surface area contributed by atoms with E-state index in [2.05, 4.69) is 24.1 Å². The minimum absolute atomic E-state index is 0.0632. The zero-order valence-corrected chi connectivity index (χ0v) is 13.0. The summed E-state index contributed by atoms with van der Waals surface area (Å²) in [6.45, 7) is 8.05. The van der Waals surface area contributed by atoms with Gasteiger partial charge in [0.1, 0.15) is 0 Å². The highest BCUT2D eigenvalue weighted by Crippen LogP contribution is 2.41. The number of aliphatic hydroxyl groups is 1. The minimum atomic E-state index is -0.282. The molecule has 1 fully saturated rings. The first-order valence-electron chi connectivity index (χ1n) is 7.06. The van der Waals surface area contributed by atoms with Gasteiger partial charge in [0.15, 0.2) is 0 Å². The molecule has 0 saturated carbocycles. The SMILES string of the molecule is CC(C)(CO)[C@@H](c1cc(Cl)ccc1N)N1CCNCC1. The van der Waals surface area contributed by atoms with Crippen molar-refractivity contribution in [2.75, 3.05) is 38.5 Å². The number of nitrogen functional groups attached to an aromatic ring is 1. The van der Waals surface area contributed by atoms with Gasteiger partial charge in [-0.25, -0.2) is 0 Å². The Labute approximate surface area is 125 Å². The van der Waals surface area contributed by atoms with Crippen LogP contribution in [0.1, 0.15) is 25.5 Å². The van der Waals surface area contributed by atoms with Gasteiger partial charge in [-0.05, 0) is 23.8 Å². The monoisotopic (exact) mass is 297 g/mol. The van der Waals surface area contributed by atoms with Crippen molar-refractivity contribution in [1.29, 1.82) is 0 Å². The average molecular weight is 298 g/mol. The molecule has 1 aromatic carbocycles. The van der Waals surface area contributed by atoms with E-state index < -0.39 is 0 Å². The maximum absolute atomic E-state index is 9.80. The fourth-order valence-corrected chi connectivity index (χ4v) is 3.10. The Morgan fingerprint density at radius 2 is 2.05 bits per heavy atom. The van der Waals surface area contributed by atoms with Crippen molar-refractivity contribution in [2.24, 2.45) is 5.41 Å². The number of anilines is 1. The van der Waals surface area contributed by atoms with Gasteiger partial charge >= 0.3 is 0 Å². The van der Waals surface area contributed by atoms with Crippen molar-refractivity contribution in [2.45, 2.75) is 19.9 Å². The quantitative estimate of drug-likeness (QED) is 0.743. The summed E-state index contributed by atoms with van der Waals surface area (Å²) >= 11 is 6.14. The molecule has 2 rings (SSSR count). The Bertz CT molecular complexity index is 458. The lowest BCUT2D eigenvalue weighted by molar-refractivity contribution is 0.0309. The second-order valence-electron chi connectivity index (χ2n) is 6.11. The fourth-order valence-electron chi connectivity index (χ4n) is 2.92. The van der Waals surface area contributed by atoms with E-state index >= 15 is 0 Å². The molecule has 112 valence electrons. The summed E-state index contributed by atoms with van der Waals surface area (Å²) in [5, 5.41) is 13.8. The van der Waals surface area contributed by atoms with E-state index in [1.807, 2.05) is 12.1 Å². The number of piperazine rings is 1. The third kappa shape index (κ3) is 3.26. The van der Waals surface area contributed by atoms with Crippen LogP contribution in [-0.4, -0.2) is 42.8 Å². The fraction of sp³-hybridized carbons (Fsp3) is 0.600. The van der Waals surface area contributed by atoms with Crippen molar-refractivity contribution < 1.29 is 5.11 Å². The summed E-state index contributed by atoms with van der Waals surface area (Å²) in [7, 11) is 0. The molecule has 1 saturated heterocycles. The molecule has 5 heteroatoms. The van der Waals surface area contributed by atoms with E-state index in [0.29, 0.717) is 5.02 Å². The standard InChI is InChI=1S/C15H24ClN3O/c1-15(2,10-20)14(19-7-5-18-6-8-19)12-9-11(16)3-4-13(12)17/h3-4,9,14,18,20H,5-8,10,17H2,1-2H3/t14-/m1/s1. The summed E-state index contributed by atoms with van der Waals surface area (Å²) in [5.41, 5.74) is 7.63. The molecule has 1 heterocycles. The molecule has 20 heavy (non-hydrogen) atoms. The number of aliphatic hydroxyl groups excluding tert-OH is 1. The van der Waals surface area contributed by atoms with E-state index in [-0.39, 0.29) is 18.1 Å². The topological polar surface area (TPSA) is 61.5 Å². The number of hydrogen-bond acceptors (Lipinski definition) is 4. The van der Waals surface area contributed by atoms with Crippen LogP contribution >= 0.6 is 11.6 Å². The van der Waals surface area contributed by atoms with Crippen molar-refractivity contribution >= 4 is 17.3 Å². The second-order valence-corrected chi connectivity index (χ2v) is 6.54. The summed E-state index contributed by atoms with van der Waals surface area (Å²) < 4.78 is 0. The Morgan fingerprint density at radius 1 is 1.40 bits per heavy atom. The van der Waals surface area contributed by atoms with Crippen LogP contribution in [-0.2, 0) is 0 Å². The lowest BCUT2D eigenvalue weighted by Crippen LogP contribution is -2.49. The molecular weight excluding hydrogens is 274 g/mol. The second kappa shape index (κ2) is 6.31. The molecule has 0 aromatic heterocycles.